The van der Waals surface area contributed by atoms with Gasteiger partial charge in [0.2, 0.25) is 21.8 Å². The van der Waals surface area contributed by atoms with Crippen LogP contribution in [0.15, 0.2) is 0 Å². The Labute approximate surface area is 183 Å². The lowest BCUT2D eigenvalue weighted by Crippen LogP contribution is -2.58. The van der Waals surface area contributed by atoms with Crippen molar-refractivity contribution < 1.29 is 27.9 Å². The Bertz CT molecular complexity index is 812. The Hall–Kier alpha value is -1.72. The minimum Gasteiger partial charge on any atom is -0.481 e. The summed E-state index contributed by atoms with van der Waals surface area (Å²) in [6.45, 7) is 1.86. The van der Waals surface area contributed by atoms with Gasteiger partial charge in [-0.2, -0.15) is 4.31 Å². The summed E-state index contributed by atoms with van der Waals surface area (Å²) >= 11 is 0. The maximum Gasteiger partial charge on any atom is 0.310 e. The molecule has 2 heterocycles. The number of hydrogen-bond donors (Lipinski definition) is 3. The molecule has 3 rings (SSSR count). The fourth-order valence-electron chi connectivity index (χ4n) is 5.34. The Morgan fingerprint density at radius 1 is 1.10 bits per heavy atom. The van der Waals surface area contributed by atoms with E-state index in [0.29, 0.717) is 6.42 Å². The molecular formula is C20H34N4O6S. The molecule has 2 amide bonds. The summed E-state index contributed by atoms with van der Waals surface area (Å²) in [6, 6.07) is -2.46. The van der Waals surface area contributed by atoms with Gasteiger partial charge in [-0.3, -0.25) is 14.4 Å². The summed E-state index contributed by atoms with van der Waals surface area (Å²) in [5.74, 6) is -2.67. The minimum absolute atomic E-state index is 0.0102. The summed E-state index contributed by atoms with van der Waals surface area (Å²) in [5.41, 5.74) is 0. The maximum atomic E-state index is 13.7. The second-order valence-electron chi connectivity index (χ2n) is 9.05. The number of sulfonamides is 1. The van der Waals surface area contributed by atoms with Crippen molar-refractivity contribution in [2.45, 2.75) is 69.6 Å². The van der Waals surface area contributed by atoms with Crippen molar-refractivity contribution in [2.24, 2.45) is 11.8 Å². The summed E-state index contributed by atoms with van der Waals surface area (Å²) in [6.07, 6.45) is 6.18. The smallest absolute Gasteiger partial charge is 0.310 e. The zero-order valence-electron chi connectivity index (χ0n) is 18.4. The van der Waals surface area contributed by atoms with Crippen LogP contribution in [0.3, 0.4) is 0 Å². The fraction of sp³-hybridized carbons (Fsp3) is 0.850. The van der Waals surface area contributed by atoms with Crippen molar-refractivity contribution in [1.82, 2.24) is 19.8 Å². The van der Waals surface area contributed by atoms with E-state index in [1.807, 2.05) is 0 Å². The van der Waals surface area contributed by atoms with Crippen molar-refractivity contribution in [3.8, 4) is 0 Å². The number of nitrogens with zero attached hydrogens (tertiary/aromatic N) is 2. The quantitative estimate of drug-likeness (QED) is 0.472. The number of nitrogens with one attached hydrogen (secondary N) is 2. The van der Waals surface area contributed by atoms with Crippen molar-refractivity contribution in [2.75, 3.05) is 26.4 Å². The third-order valence-electron chi connectivity index (χ3n) is 7.12. The second kappa shape index (κ2) is 9.41. The molecule has 1 saturated carbocycles. The molecule has 0 aromatic rings. The predicted molar refractivity (Wildman–Crippen MR) is 114 cm³/mol. The van der Waals surface area contributed by atoms with E-state index in [4.69, 9.17) is 0 Å². The van der Waals surface area contributed by atoms with E-state index < -0.39 is 46.1 Å². The third-order valence-corrected chi connectivity index (χ3v) is 8.39. The molecule has 0 aromatic heterocycles. The third kappa shape index (κ3) is 4.88. The Morgan fingerprint density at radius 2 is 1.74 bits per heavy atom. The lowest BCUT2D eigenvalue weighted by Gasteiger charge is -2.36. The normalized spacial score (nSPS) is 29.4. The van der Waals surface area contributed by atoms with Crippen LogP contribution in [-0.4, -0.2) is 91.1 Å². The standard InChI is InChI=1S/C20H34N4O6S/c1-12(21-2)18(25)22-16(13-7-5-4-6-8-13)19(26)23-10-9-15-17(23)14(20(27)28)11-24(15)31(3,29)30/h12-17,21H,4-11H2,1-3H3,(H,22,25)(H,27,28)/t12?,14-,15?,16?,17?/m1/s1. The SMILES string of the molecule is CNC(C)C(=O)NC(C(=O)N1CCC2C1[C@H](C(=O)O)CN2S(C)(=O)=O)C1CCCCC1. The molecule has 0 bridgehead atoms. The molecule has 3 fully saturated rings. The number of hydrogen-bond acceptors (Lipinski definition) is 6. The first-order valence-electron chi connectivity index (χ1n) is 11.0. The highest BCUT2D eigenvalue weighted by Crippen LogP contribution is 2.38. The zero-order chi connectivity index (χ0) is 22.9. The van der Waals surface area contributed by atoms with Crippen LogP contribution >= 0.6 is 0 Å². The van der Waals surface area contributed by atoms with Crippen LogP contribution < -0.4 is 10.6 Å². The number of amides is 2. The monoisotopic (exact) mass is 458 g/mol. The van der Waals surface area contributed by atoms with Crippen molar-refractivity contribution in [3.05, 3.63) is 0 Å². The van der Waals surface area contributed by atoms with Gasteiger partial charge in [0.15, 0.2) is 0 Å². The van der Waals surface area contributed by atoms with E-state index in [-0.39, 0.29) is 30.8 Å². The van der Waals surface area contributed by atoms with Gasteiger partial charge in [-0.1, -0.05) is 19.3 Å². The number of carboxylic acids is 1. The number of fused-ring (bicyclic) bond motifs is 1. The Morgan fingerprint density at radius 3 is 2.29 bits per heavy atom. The van der Waals surface area contributed by atoms with Crippen LogP contribution in [-0.2, 0) is 24.4 Å². The number of likely N-dealkylation sites (N-methyl/N-ethyl adjacent to an activating group) is 1. The van der Waals surface area contributed by atoms with E-state index in [0.717, 1.165) is 38.4 Å². The largest absolute Gasteiger partial charge is 0.481 e. The molecule has 10 nitrogen and oxygen atoms in total. The maximum absolute atomic E-state index is 13.7. The topological polar surface area (TPSA) is 136 Å². The molecule has 0 aromatic carbocycles. The lowest BCUT2D eigenvalue weighted by atomic mass is 9.83. The van der Waals surface area contributed by atoms with Gasteiger partial charge in [0.25, 0.3) is 0 Å². The van der Waals surface area contributed by atoms with Crippen molar-refractivity contribution >= 4 is 27.8 Å². The summed E-state index contributed by atoms with van der Waals surface area (Å²) in [4.78, 5) is 39.7. The van der Waals surface area contributed by atoms with Crippen LogP contribution in [0.4, 0.5) is 0 Å². The van der Waals surface area contributed by atoms with E-state index in [1.165, 1.54) is 9.21 Å². The number of carboxylic acid groups (broad SMARTS) is 1. The number of carbonyl (C=O) groups excluding carboxylic acids is 2. The van der Waals surface area contributed by atoms with E-state index in [1.54, 1.807) is 14.0 Å². The number of likely N-dealkylation sites (tertiary alicyclic amines) is 1. The van der Waals surface area contributed by atoms with Gasteiger partial charge in [-0.15, -0.1) is 0 Å². The van der Waals surface area contributed by atoms with Gasteiger partial charge >= 0.3 is 5.97 Å². The van der Waals surface area contributed by atoms with E-state index >= 15 is 0 Å². The Kier molecular flexibility index (Phi) is 7.27. The van der Waals surface area contributed by atoms with Crippen LogP contribution in [0.5, 0.6) is 0 Å². The molecule has 0 spiro atoms. The first kappa shape index (κ1) is 23.9. The molecule has 4 unspecified atom stereocenters. The van der Waals surface area contributed by atoms with Gasteiger partial charge in [-0.05, 0) is 39.2 Å². The first-order valence-corrected chi connectivity index (χ1v) is 12.9. The number of rotatable bonds is 7. The molecule has 3 N–H and O–H groups in total. The lowest BCUT2D eigenvalue weighted by molar-refractivity contribution is -0.146. The first-order chi connectivity index (χ1) is 14.6. The molecule has 11 heteroatoms. The zero-order valence-corrected chi connectivity index (χ0v) is 19.2. The molecular weight excluding hydrogens is 424 g/mol. The molecule has 176 valence electrons. The van der Waals surface area contributed by atoms with Crippen LogP contribution in [0.1, 0.15) is 45.4 Å². The molecule has 0 radical (unpaired) electrons. The summed E-state index contributed by atoms with van der Waals surface area (Å²) < 4.78 is 25.7. The summed E-state index contributed by atoms with van der Waals surface area (Å²) in [5, 5.41) is 15.5. The highest BCUT2D eigenvalue weighted by Gasteiger charge is 2.56. The average molecular weight is 459 g/mol. The average Bonchev–Trinajstić information content (AvgIpc) is 3.31. The molecule has 2 aliphatic heterocycles. The molecule has 2 saturated heterocycles. The van der Waals surface area contributed by atoms with Crippen LogP contribution in [0.2, 0.25) is 0 Å². The minimum atomic E-state index is -3.59. The Balaban J connectivity index is 1.88. The highest BCUT2D eigenvalue weighted by atomic mass is 32.2. The molecule has 31 heavy (non-hydrogen) atoms. The van der Waals surface area contributed by atoms with Gasteiger partial charge in [0.05, 0.1) is 24.3 Å². The highest BCUT2D eigenvalue weighted by molar-refractivity contribution is 7.88. The van der Waals surface area contributed by atoms with Gasteiger partial charge in [0, 0.05) is 19.1 Å². The molecule has 5 atom stereocenters. The van der Waals surface area contributed by atoms with Crippen molar-refractivity contribution in [3.63, 3.8) is 0 Å². The predicted octanol–water partition coefficient (Wildman–Crippen LogP) is -0.395. The second-order valence-corrected chi connectivity index (χ2v) is 11.0. The number of carbonyl (C=O) groups is 3. The van der Waals surface area contributed by atoms with Crippen LogP contribution in [0, 0.1) is 11.8 Å². The summed E-state index contributed by atoms with van der Waals surface area (Å²) in [7, 11) is -1.92. The van der Waals surface area contributed by atoms with Gasteiger partial charge in [-0.25, -0.2) is 8.42 Å². The fourth-order valence-corrected chi connectivity index (χ4v) is 6.49. The number of aliphatic carboxylic acids is 1. The molecule has 3 aliphatic rings. The van der Waals surface area contributed by atoms with E-state index in [2.05, 4.69) is 10.6 Å². The van der Waals surface area contributed by atoms with E-state index in [9.17, 15) is 27.9 Å². The molecule has 1 aliphatic carbocycles. The van der Waals surface area contributed by atoms with Crippen molar-refractivity contribution in [1.29, 1.82) is 0 Å². The van der Waals surface area contributed by atoms with Gasteiger partial charge in [0.1, 0.15) is 6.04 Å². The van der Waals surface area contributed by atoms with Gasteiger partial charge < -0.3 is 20.6 Å². The van der Waals surface area contributed by atoms with Crippen LogP contribution in [0.25, 0.3) is 0 Å².